The molecule has 3 atom stereocenters. The van der Waals surface area contributed by atoms with E-state index in [-0.39, 0.29) is 0 Å². The van der Waals surface area contributed by atoms with Crippen molar-refractivity contribution in [1.82, 2.24) is 5.32 Å². The summed E-state index contributed by atoms with van der Waals surface area (Å²) in [4.78, 5) is 0. The van der Waals surface area contributed by atoms with Crippen LogP contribution < -0.4 is 5.32 Å². The van der Waals surface area contributed by atoms with Crippen molar-refractivity contribution in [2.75, 3.05) is 6.54 Å². The van der Waals surface area contributed by atoms with Gasteiger partial charge in [0.05, 0.1) is 0 Å². The zero-order chi connectivity index (χ0) is 11.1. The van der Waals surface area contributed by atoms with Gasteiger partial charge in [-0.25, -0.2) is 0 Å². The van der Waals surface area contributed by atoms with Crippen LogP contribution >= 0.6 is 15.9 Å². The molecular weight excluding hydrogens is 262 g/mol. The Morgan fingerprint density at radius 3 is 3.00 bits per heavy atom. The van der Waals surface area contributed by atoms with Crippen molar-refractivity contribution in [1.29, 1.82) is 0 Å². The first kappa shape index (κ1) is 10.8. The van der Waals surface area contributed by atoms with Gasteiger partial charge in [0.15, 0.2) is 0 Å². The van der Waals surface area contributed by atoms with Gasteiger partial charge in [-0.3, -0.25) is 0 Å². The molecule has 2 aliphatic rings. The van der Waals surface area contributed by atoms with Crippen molar-refractivity contribution in [2.45, 2.75) is 32.2 Å². The molecule has 2 heteroatoms. The van der Waals surface area contributed by atoms with Gasteiger partial charge in [-0.1, -0.05) is 28.9 Å². The molecule has 0 aromatic heterocycles. The molecule has 1 nitrogen and oxygen atoms in total. The van der Waals surface area contributed by atoms with Crippen LogP contribution in [0.5, 0.6) is 0 Å². The summed E-state index contributed by atoms with van der Waals surface area (Å²) in [5.74, 6) is 1.90. The number of fused-ring (bicyclic) bond motifs is 1. The second kappa shape index (κ2) is 4.15. The predicted octanol–water partition coefficient (Wildman–Crippen LogP) is 3.68. The summed E-state index contributed by atoms with van der Waals surface area (Å²) < 4.78 is 1.21. The summed E-state index contributed by atoms with van der Waals surface area (Å²) in [5.41, 5.74) is 3.05. The minimum absolute atomic E-state index is 0.607. The third-order valence-corrected chi connectivity index (χ3v) is 4.58. The molecular formula is C14H18BrN. The monoisotopic (exact) mass is 279 g/mol. The Kier molecular flexibility index (Phi) is 2.80. The van der Waals surface area contributed by atoms with Crippen LogP contribution in [0.15, 0.2) is 22.7 Å². The molecule has 1 aromatic rings. The van der Waals surface area contributed by atoms with E-state index in [9.17, 15) is 0 Å². The lowest BCUT2D eigenvalue weighted by Crippen LogP contribution is -2.22. The average Bonchev–Trinajstić information content (AvgIpc) is 2.83. The summed E-state index contributed by atoms with van der Waals surface area (Å²) in [5, 5.41) is 3.73. The van der Waals surface area contributed by atoms with Gasteiger partial charge < -0.3 is 5.32 Å². The van der Waals surface area contributed by atoms with Gasteiger partial charge >= 0.3 is 0 Å². The number of rotatable bonds is 3. The number of benzene rings is 1. The smallest absolute Gasteiger partial charge is 0.0326 e. The summed E-state index contributed by atoms with van der Waals surface area (Å²) in [6.45, 7) is 3.56. The molecule has 1 fully saturated rings. The maximum Gasteiger partial charge on any atom is 0.0326 e. The zero-order valence-corrected chi connectivity index (χ0v) is 11.3. The normalized spacial score (nSPS) is 31.5. The summed E-state index contributed by atoms with van der Waals surface area (Å²) in [7, 11) is 0. The number of hydrogen-bond acceptors (Lipinski definition) is 1. The van der Waals surface area contributed by atoms with Gasteiger partial charge in [-0.2, -0.15) is 0 Å². The Hall–Kier alpha value is -0.340. The topological polar surface area (TPSA) is 12.0 Å². The van der Waals surface area contributed by atoms with Crippen molar-refractivity contribution in [3.63, 3.8) is 0 Å². The number of nitrogens with one attached hydrogen (secondary N) is 1. The summed E-state index contributed by atoms with van der Waals surface area (Å²) in [6.07, 6.45) is 3.92. The Bertz CT molecular complexity index is 402. The molecule has 0 heterocycles. The lowest BCUT2D eigenvalue weighted by atomic mass is 10.1. The maximum atomic E-state index is 3.73. The van der Waals surface area contributed by atoms with Gasteiger partial charge in [0.1, 0.15) is 0 Å². The van der Waals surface area contributed by atoms with Crippen LogP contribution in [-0.4, -0.2) is 6.54 Å². The lowest BCUT2D eigenvalue weighted by Gasteiger charge is -2.13. The van der Waals surface area contributed by atoms with E-state index in [1.54, 1.807) is 0 Å². The molecule has 2 aliphatic carbocycles. The Balaban J connectivity index is 1.66. The van der Waals surface area contributed by atoms with Crippen LogP contribution in [0, 0.1) is 11.8 Å². The molecule has 16 heavy (non-hydrogen) atoms. The molecule has 86 valence electrons. The van der Waals surface area contributed by atoms with E-state index in [4.69, 9.17) is 0 Å². The average molecular weight is 280 g/mol. The molecule has 0 radical (unpaired) electrons. The molecule has 0 amide bonds. The first-order chi connectivity index (χ1) is 7.74. The Labute approximate surface area is 106 Å². The van der Waals surface area contributed by atoms with Crippen LogP contribution in [-0.2, 0) is 6.42 Å². The Morgan fingerprint density at radius 1 is 1.44 bits per heavy atom. The van der Waals surface area contributed by atoms with Crippen molar-refractivity contribution >= 4 is 15.9 Å². The predicted molar refractivity (Wildman–Crippen MR) is 70.5 cm³/mol. The second-order valence-corrected chi connectivity index (χ2v) is 6.23. The highest BCUT2D eigenvalue weighted by Crippen LogP contribution is 2.38. The number of aryl methyl sites for hydroxylation is 1. The molecule has 1 saturated carbocycles. The van der Waals surface area contributed by atoms with Crippen LogP contribution in [0.3, 0.4) is 0 Å². The molecule has 1 aromatic carbocycles. The third kappa shape index (κ3) is 2.05. The fourth-order valence-electron chi connectivity index (χ4n) is 2.78. The van der Waals surface area contributed by atoms with Gasteiger partial charge in [0, 0.05) is 10.5 Å². The zero-order valence-electron chi connectivity index (χ0n) is 9.67. The van der Waals surface area contributed by atoms with Gasteiger partial charge in [0.2, 0.25) is 0 Å². The highest BCUT2D eigenvalue weighted by Gasteiger charge is 2.33. The van der Waals surface area contributed by atoms with E-state index in [1.807, 2.05) is 0 Å². The lowest BCUT2D eigenvalue weighted by molar-refractivity contribution is 0.502. The quantitative estimate of drug-likeness (QED) is 0.890. The fourth-order valence-corrected chi connectivity index (χ4v) is 3.18. The van der Waals surface area contributed by atoms with E-state index >= 15 is 0 Å². The van der Waals surface area contributed by atoms with Crippen molar-refractivity contribution in [3.8, 4) is 0 Å². The van der Waals surface area contributed by atoms with Gasteiger partial charge in [-0.05, 0) is 60.9 Å². The van der Waals surface area contributed by atoms with Crippen LogP contribution in [0.25, 0.3) is 0 Å². The van der Waals surface area contributed by atoms with Crippen LogP contribution in [0.1, 0.15) is 36.9 Å². The number of hydrogen-bond donors (Lipinski definition) is 1. The van der Waals surface area contributed by atoms with Crippen molar-refractivity contribution < 1.29 is 0 Å². The molecule has 3 rings (SSSR count). The number of halogens is 1. The maximum absolute atomic E-state index is 3.73. The highest BCUT2D eigenvalue weighted by atomic mass is 79.9. The highest BCUT2D eigenvalue weighted by molar-refractivity contribution is 9.10. The standard InChI is InChI=1S/C14H18BrN/c1-9-6-11(9)8-16-14-5-2-10-7-12(15)3-4-13(10)14/h3-4,7,9,11,14,16H,2,5-6,8H2,1H3. The molecule has 0 spiro atoms. The van der Waals surface area contributed by atoms with Crippen LogP contribution in [0.4, 0.5) is 0 Å². The Morgan fingerprint density at radius 2 is 2.25 bits per heavy atom. The first-order valence-electron chi connectivity index (χ1n) is 6.26. The van der Waals surface area contributed by atoms with Crippen molar-refractivity contribution in [3.05, 3.63) is 33.8 Å². The van der Waals surface area contributed by atoms with Crippen molar-refractivity contribution in [2.24, 2.45) is 11.8 Å². The second-order valence-electron chi connectivity index (χ2n) is 5.32. The van der Waals surface area contributed by atoms with Gasteiger partial charge in [0.25, 0.3) is 0 Å². The third-order valence-electron chi connectivity index (χ3n) is 4.09. The summed E-state index contributed by atoms with van der Waals surface area (Å²) >= 11 is 3.54. The van der Waals surface area contributed by atoms with E-state index in [0.29, 0.717) is 6.04 Å². The fraction of sp³-hybridized carbons (Fsp3) is 0.571. The minimum atomic E-state index is 0.607. The van der Waals surface area contributed by atoms with E-state index in [0.717, 1.165) is 11.8 Å². The molecule has 3 unspecified atom stereocenters. The van der Waals surface area contributed by atoms with Gasteiger partial charge in [-0.15, -0.1) is 0 Å². The molecule has 0 aliphatic heterocycles. The van der Waals surface area contributed by atoms with E-state index in [2.05, 4.69) is 46.4 Å². The minimum Gasteiger partial charge on any atom is -0.310 e. The van der Waals surface area contributed by atoms with E-state index < -0.39 is 0 Å². The molecule has 0 saturated heterocycles. The first-order valence-corrected chi connectivity index (χ1v) is 7.05. The summed E-state index contributed by atoms with van der Waals surface area (Å²) in [6, 6.07) is 7.33. The molecule has 0 bridgehead atoms. The van der Waals surface area contributed by atoms with Crippen LogP contribution in [0.2, 0.25) is 0 Å². The largest absolute Gasteiger partial charge is 0.310 e. The SMILES string of the molecule is CC1CC1CNC1CCc2cc(Br)ccc21. The van der Waals surface area contributed by atoms with E-state index in [1.165, 1.54) is 41.4 Å². The molecule has 1 N–H and O–H groups in total.